The smallest absolute Gasteiger partial charge is 0.462 e. The molecule has 1 unspecified atom stereocenters. The molecule has 1 aromatic carbocycles. The molecule has 0 saturated carbocycles. The second-order valence-electron chi connectivity index (χ2n) is 7.24. The maximum Gasteiger partial charge on any atom is 0.462 e. The molecule has 6 heteroatoms. The molecule has 1 atom stereocenters. The van der Waals surface area contributed by atoms with Crippen LogP contribution in [-0.4, -0.2) is 25.3 Å². The van der Waals surface area contributed by atoms with Gasteiger partial charge in [-0.2, -0.15) is 0 Å². The van der Waals surface area contributed by atoms with Gasteiger partial charge in [-0.05, 0) is 31.4 Å². The minimum Gasteiger partial charge on any atom is -0.490 e. The number of rotatable bonds is 18. The highest BCUT2D eigenvalue weighted by atomic mass is 31.1. The number of unbranched alkanes of at least 4 members (excludes halogenated alkanes) is 6. The molecule has 5 nitrogen and oxygen atoms in total. The Balaban J connectivity index is 3.23. The number of hydrogen-bond donors (Lipinski definition) is 0. The molecule has 1 rings (SSSR count). The summed E-state index contributed by atoms with van der Waals surface area (Å²) in [7, 11) is -2.32. The summed E-state index contributed by atoms with van der Waals surface area (Å²) in [6.45, 7) is 11.4. The highest BCUT2D eigenvalue weighted by Gasteiger charge is 2.36. The van der Waals surface area contributed by atoms with E-state index in [-0.39, 0.29) is 0 Å². The van der Waals surface area contributed by atoms with Gasteiger partial charge in [0.15, 0.2) is 5.75 Å². The Kier molecular flexibility index (Phi) is 13.9. The molecule has 168 valence electrons. The maximum absolute atomic E-state index is 12.8. The van der Waals surface area contributed by atoms with E-state index in [1.807, 2.05) is 0 Å². The quantitative estimate of drug-likeness (QED) is 0.148. The van der Waals surface area contributed by atoms with Crippen LogP contribution in [-0.2, 0) is 9.36 Å². The summed E-state index contributed by atoms with van der Waals surface area (Å²) in [5.74, 6) is 1.40. The van der Waals surface area contributed by atoms with Gasteiger partial charge in [-0.15, -0.1) is 0 Å². The van der Waals surface area contributed by atoms with E-state index in [9.17, 15) is 9.36 Å². The van der Waals surface area contributed by atoms with E-state index < -0.39 is 13.3 Å². The molecule has 30 heavy (non-hydrogen) atoms. The second-order valence-corrected chi connectivity index (χ2v) is 8.76. The third-order valence-corrected chi connectivity index (χ3v) is 6.02. The summed E-state index contributed by atoms with van der Waals surface area (Å²) in [6, 6.07) is 3.39. The third-order valence-electron chi connectivity index (χ3n) is 4.64. The van der Waals surface area contributed by atoms with Crippen molar-refractivity contribution in [2.75, 3.05) is 19.8 Å². The van der Waals surface area contributed by atoms with Crippen molar-refractivity contribution < 1.29 is 23.6 Å². The van der Waals surface area contributed by atoms with Crippen molar-refractivity contribution >= 4 is 18.6 Å². The number of carbonyl (C=O) groups excluding carboxylic acids is 1. The SMILES string of the molecule is C=CC(=O)[P+](=O)c1ccc(OCCCCC)c(OCCCCC)c1OCCCCC. The summed E-state index contributed by atoms with van der Waals surface area (Å²) in [4.78, 5) is 12.1. The van der Waals surface area contributed by atoms with Gasteiger partial charge < -0.3 is 14.2 Å². The highest BCUT2D eigenvalue weighted by molar-refractivity contribution is 7.71. The van der Waals surface area contributed by atoms with E-state index in [0.717, 1.165) is 63.9 Å². The summed E-state index contributed by atoms with van der Waals surface area (Å²) in [6.07, 6.45) is 10.3. The van der Waals surface area contributed by atoms with Crippen molar-refractivity contribution in [3.63, 3.8) is 0 Å². The van der Waals surface area contributed by atoms with Crippen LogP contribution in [0.4, 0.5) is 0 Å². The van der Waals surface area contributed by atoms with Crippen LogP contribution in [0.1, 0.15) is 78.6 Å². The van der Waals surface area contributed by atoms with Gasteiger partial charge in [-0.25, -0.2) is 4.79 Å². The Morgan fingerprint density at radius 2 is 1.33 bits per heavy atom. The predicted molar refractivity (Wildman–Crippen MR) is 124 cm³/mol. The fourth-order valence-corrected chi connectivity index (χ4v) is 3.84. The van der Waals surface area contributed by atoms with Gasteiger partial charge in [0.05, 0.1) is 19.8 Å². The van der Waals surface area contributed by atoms with Crippen LogP contribution in [0, 0.1) is 0 Å². The van der Waals surface area contributed by atoms with E-state index in [4.69, 9.17) is 14.2 Å². The number of carbonyl (C=O) groups is 1. The second kappa shape index (κ2) is 15.9. The molecule has 0 aromatic heterocycles. The lowest BCUT2D eigenvalue weighted by molar-refractivity contribution is -0.107. The number of allylic oxidation sites excluding steroid dienone is 1. The van der Waals surface area contributed by atoms with Gasteiger partial charge >= 0.3 is 13.3 Å². The summed E-state index contributed by atoms with van der Waals surface area (Å²) < 4.78 is 30.9. The largest absolute Gasteiger partial charge is 0.490 e. The summed E-state index contributed by atoms with van der Waals surface area (Å²) in [5, 5.41) is 0.345. The molecule has 0 aliphatic heterocycles. The number of benzene rings is 1. The fourth-order valence-electron chi connectivity index (χ4n) is 2.87. The van der Waals surface area contributed by atoms with Crippen LogP contribution in [0.5, 0.6) is 17.2 Å². The Bertz CT molecular complexity index is 672. The molecule has 0 aliphatic carbocycles. The minimum absolute atomic E-state index is 0.345. The van der Waals surface area contributed by atoms with Crippen LogP contribution in [0.2, 0.25) is 0 Å². The first-order valence-corrected chi connectivity index (χ1v) is 12.6. The standard InChI is InChI=1S/C24H38O5P/c1-5-9-12-17-27-20-15-16-21(30(26)22(25)8-4)24(29-19-14-11-7-3)23(20)28-18-13-10-6-2/h8,15-16H,4-7,9-14,17-19H2,1-3H3/q+1. The monoisotopic (exact) mass is 437 g/mol. The molecule has 0 saturated heterocycles. The van der Waals surface area contributed by atoms with Crippen molar-refractivity contribution in [2.24, 2.45) is 0 Å². The van der Waals surface area contributed by atoms with E-state index in [2.05, 4.69) is 27.4 Å². The maximum atomic E-state index is 12.8. The number of hydrogen-bond acceptors (Lipinski definition) is 5. The molecular formula is C24H38O5P+. The van der Waals surface area contributed by atoms with E-state index in [0.29, 0.717) is 42.4 Å². The number of ether oxygens (including phenoxy) is 3. The minimum atomic E-state index is -2.32. The fraction of sp³-hybridized carbons (Fsp3) is 0.625. The predicted octanol–water partition coefficient (Wildman–Crippen LogP) is 6.56. The molecule has 0 bridgehead atoms. The van der Waals surface area contributed by atoms with Gasteiger partial charge in [0.2, 0.25) is 16.8 Å². The van der Waals surface area contributed by atoms with Crippen LogP contribution in [0.15, 0.2) is 24.8 Å². The molecule has 0 heterocycles. The van der Waals surface area contributed by atoms with Crippen LogP contribution in [0.25, 0.3) is 0 Å². The van der Waals surface area contributed by atoms with Gasteiger partial charge in [0, 0.05) is 6.08 Å². The molecule has 0 aliphatic rings. The average molecular weight is 438 g/mol. The Labute approximate surface area is 183 Å². The van der Waals surface area contributed by atoms with E-state index in [1.165, 1.54) is 0 Å². The van der Waals surface area contributed by atoms with E-state index >= 15 is 0 Å². The average Bonchev–Trinajstić information content (AvgIpc) is 2.76. The molecule has 1 aromatic rings. The van der Waals surface area contributed by atoms with Crippen LogP contribution in [0.3, 0.4) is 0 Å². The third kappa shape index (κ3) is 8.87. The summed E-state index contributed by atoms with van der Waals surface area (Å²) >= 11 is 0. The van der Waals surface area contributed by atoms with Gasteiger partial charge in [0.25, 0.3) is 0 Å². The topological polar surface area (TPSA) is 61.8 Å². The molecule has 0 N–H and O–H groups in total. The summed E-state index contributed by atoms with van der Waals surface area (Å²) in [5.41, 5.74) is -0.517. The molecule has 0 amide bonds. The van der Waals surface area contributed by atoms with Crippen LogP contribution < -0.4 is 19.5 Å². The van der Waals surface area contributed by atoms with Crippen molar-refractivity contribution in [3.8, 4) is 17.2 Å². The first-order chi connectivity index (χ1) is 14.6. The molecule has 0 fully saturated rings. The lowest BCUT2D eigenvalue weighted by atomic mass is 10.2. The lowest BCUT2D eigenvalue weighted by Gasteiger charge is -2.17. The van der Waals surface area contributed by atoms with Crippen molar-refractivity contribution in [3.05, 3.63) is 24.8 Å². The van der Waals surface area contributed by atoms with Crippen LogP contribution >= 0.6 is 7.80 Å². The van der Waals surface area contributed by atoms with E-state index in [1.54, 1.807) is 12.1 Å². The molecular weight excluding hydrogens is 399 g/mol. The zero-order chi connectivity index (χ0) is 22.2. The zero-order valence-corrected chi connectivity index (χ0v) is 19.8. The Morgan fingerprint density at radius 3 is 1.83 bits per heavy atom. The van der Waals surface area contributed by atoms with Gasteiger partial charge in [0.1, 0.15) is 0 Å². The highest BCUT2D eigenvalue weighted by Crippen LogP contribution is 2.41. The molecule has 0 spiro atoms. The normalized spacial score (nSPS) is 11.1. The first-order valence-electron chi connectivity index (χ1n) is 11.3. The first kappa shape index (κ1) is 26.2. The van der Waals surface area contributed by atoms with Crippen molar-refractivity contribution in [1.82, 2.24) is 0 Å². The van der Waals surface area contributed by atoms with Crippen molar-refractivity contribution in [1.29, 1.82) is 0 Å². The Morgan fingerprint density at radius 1 is 0.833 bits per heavy atom. The zero-order valence-electron chi connectivity index (χ0n) is 18.9. The van der Waals surface area contributed by atoms with Crippen molar-refractivity contribution in [2.45, 2.75) is 78.6 Å². The Hall–Kier alpha value is -1.87. The lowest BCUT2D eigenvalue weighted by Crippen LogP contribution is -2.13. The van der Waals surface area contributed by atoms with Gasteiger partial charge in [-0.3, -0.25) is 0 Å². The molecule has 0 radical (unpaired) electrons. The van der Waals surface area contributed by atoms with Gasteiger partial charge in [-0.1, -0.05) is 70.4 Å².